The van der Waals surface area contributed by atoms with Crippen LogP contribution in [0.1, 0.15) is 20.7 Å². The molecule has 0 bridgehead atoms. The van der Waals surface area contributed by atoms with E-state index in [2.05, 4.69) is 0 Å². The molecule has 0 fully saturated rings. The van der Waals surface area contributed by atoms with Crippen molar-refractivity contribution >= 4 is 11.9 Å². The van der Waals surface area contributed by atoms with Gasteiger partial charge in [-0.25, -0.2) is 0 Å². The van der Waals surface area contributed by atoms with Crippen LogP contribution in [0.2, 0.25) is 0 Å². The van der Waals surface area contributed by atoms with Crippen LogP contribution in [-0.4, -0.2) is 11.9 Å². The van der Waals surface area contributed by atoms with Crippen LogP contribution < -0.4 is 10.2 Å². The van der Waals surface area contributed by atoms with Crippen molar-refractivity contribution in [1.82, 2.24) is 0 Å². The van der Waals surface area contributed by atoms with Gasteiger partial charge in [0.25, 0.3) is 0 Å². The Labute approximate surface area is 149 Å². The van der Waals surface area contributed by atoms with Crippen LogP contribution in [0.25, 0.3) is 0 Å². The van der Waals surface area contributed by atoms with Gasteiger partial charge in [0.1, 0.15) is 0 Å². The normalized spacial score (nSPS) is 8.42. The third-order valence-electron chi connectivity index (χ3n) is 2.02. The average Bonchev–Trinajstić information content (AvgIpc) is 2.41. The van der Waals surface area contributed by atoms with Crippen LogP contribution in [-0.2, 0) is 0 Å². The smallest absolute Gasteiger partial charge is 0.545 e. The van der Waals surface area contributed by atoms with Gasteiger partial charge in [0.15, 0.2) is 0 Å². The fourth-order valence-corrected chi connectivity index (χ4v) is 1.15. The quantitative estimate of drug-likeness (QED) is 0.697. The maximum Gasteiger partial charge on any atom is 2.00 e. The molecular formula is C14H10O4Yb. The first-order valence-corrected chi connectivity index (χ1v) is 5.14. The predicted octanol–water partition coefficient (Wildman–Crippen LogP) is 0.100. The van der Waals surface area contributed by atoms with Crippen LogP contribution in [0.15, 0.2) is 60.7 Å². The van der Waals surface area contributed by atoms with E-state index < -0.39 is 11.9 Å². The van der Waals surface area contributed by atoms with Gasteiger partial charge >= 0.3 is 46.9 Å². The Morgan fingerprint density at radius 1 is 0.632 bits per heavy atom. The zero-order valence-electron chi connectivity index (χ0n) is 9.67. The Morgan fingerprint density at radius 3 is 1.05 bits per heavy atom. The molecule has 0 heterocycles. The molecule has 0 spiro atoms. The van der Waals surface area contributed by atoms with Gasteiger partial charge in [-0.3, -0.25) is 0 Å². The molecule has 0 atom stereocenters. The molecule has 104 valence electrons. The third-order valence-corrected chi connectivity index (χ3v) is 2.02. The molecule has 0 aliphatic carbocycles. The minimum absolute atomic E-state index is 0. The number of benzene rings is 2. The Bertz CT molecular complexity index is 462. The number of aromatic carboxylic acids is 2. The van der Waals surface area contributed by atoms with E-state index >= 15 is 0 Å². The average molecular weight is 415 g/mol. The molecule has 0 aliphatic rings. The first-order chi connectivity index (χ1) is 8.61. The molecular weight excluding hydrogens is 405 g/mol. The summed E-state index contributed by atoms with van der Waals surface area (Å²) in [4.78, 5) is 20.2. The van der Waals surface area contributed by atoms with Crippen molar-refractivity contribution in [1.29, 1.82) is 0 Å². The molecule has 0 aliphatic heterocycles. The molecule has 0 amide bonds. The Balaban J connectivity index is 0.000000324. The summed E-state index contributed by atoms with van der Waals surface area (Å²) in [6, 6.07) is 16.1. The van der Waals surface area contributed by atoms with Crippen LogP contribution in [0.4, 0.5) is 0 Å². The molecule has 0 unspecified atom stereocenters. The van der Waals surface area contributed by atoms with Crippen molar-refractivity contribution in [2.75, 3.05) is 0 Å². The van der Waals surface area contributed by atoms with Crippen LogP contribution >= 0.6 is 0 Å². The Kier molecular flexibility index (Phi) is 9.21. The van der Waals surface area contributed by atoms with Crippen LogP contribution in [0.5, 0.6) is 0 Å². The van der Waals surface area contributed by atoms with E-state index in [1.54, 1.807) is 36.4 Å². The summed E-state index contributed by atoms with van der Waals surface area (Å²) in [5, 5.41) is 20.2. The van der Waals surface area contributed by atoms with Gasteiger partial charge in [0, 0.05) is 0 Å². The number of carbonyl (C=O) groups is 2. The second-order valence-electron chi connectivity index (χ2n) is 3.31. The van der Waals surface area contributed by atoms with E-state index in [0.717, 1.165) is 0 Å². The summed E-state index contributed by atoms with van der Waals surface area (Å²) in [5.41, 5.74) is 0.440. The molecule has 5 heteroatoms. The molecule has 0 saturated heterocycles. The zero-order valence-corrected chi connectivity index (χ0v) is 11.4. The molecule has 2 aromatic carbocycles. The van der Waals surface area contributed by atoms with Gasteiger partial charge in [0.2, 0.25) is 0 Å². The van der Waals surface area contributed by atoms with E-state index in [4.69, 9.17) is 0 Å². The number of carbonyl (C=O) groups excluding carboxylic acids is 2. The maximum absolute atomic E-state index is 10.1. The van der Waals surface area contributed by atoms with E-state index in [1.165, 1.54) is 24.3 Å². The fraction of sp³-hybridized carbons (Fsp3) is 0. The molecule has 0 radical (unpaired) electrons. The summed E-state index contributed by atoms with van der Waals surface area (Å²) >= 11 is 0. The van der Waals surface area contributed by atoms with Crippen molar-refractivity contribution in [3.63, 3.8) is 0 Å². The standard InChI is InChI=1S/2C7H6O2.Yb/c2*8-7(9)6-4-2-1-3-5-6;/h2*1-5H,(H,8,9);/q;;+2/p-2. The van der Waals surface area contributed by atoms with Crippen molar-refractivity contribution < 1.29 is 66.7 Å². The number of hydrogen-bond donors (Lipinski definition) is 0. The van der Waals surface area contributed by atoms with Gasteiger partial charge in [-0.1, -0.05) is 60.7 Å². The SMILES string of the molecule is O=C([O-])c1ccccc1.O=C([O-])c1ccccc1.[Yb+2]. The van der Waals surface area contributed by atoms with Gasteiger partial charge < -0.3 is 19.8 Å². The number of carboxylic acids is 2. The van der Waals surface area contributed by atoms with Crippen molar-refractivity contribution in [2.24, 2.45) is 0 Å². The number of carboxylic acid groups (broad SMARTS) is 2. The predicted molar refractivity (Wildman–Crippen MR) is 61.5 cm³/mol. The van der Waals surface area contributed by atoms with Gasteiger partial charge in [-0.2, -0.15) is 0 Å². The Morgan fingerprint density at radius 2 is 0.895 bits per heavy atom. The second-order valence-corrected chi connectivity index (χ2v) is 3.31. The van der Waals surface area contributed by atoms with E-state index in [9.17, 15) is 19.8 Å². The monoisotopic (exact) mass is 416 g/mol. The number of hydrogen-bond acceptors (Lipinski definition) is 4. The van der Waals surface area contributed by atoms with E-state index in [1.807, 2.05) is 0 Å². The minimum atomic E-state index is -1.13. The van der Waals surface area contributed by atoms with Crippen molar-refractivity contribution in [3.05, 3.63) is 71.8 Å². The summed E-state index contributed by atoms with van der Waals surface area (Å²) in [6.07, 6.45) is 0. The molecule has 0 saturated carbocycles. The molecule has 2 aromatic rings. The summed E-state index contributed by atoms with van der Waals surface area (Å²) in [7, 11) is 0. The summed E-state index contributed by atoms with van der Waals surface area (Å²) in [6.45, 7) is 0. The van der Waals surface area contributed by atoms with Gasteiger partial charge in [-0.15, -0.1) is 0 Å². The van der Waals surface area contributed by atoms with E-state index in [0.29, 0.717) is 0 Å². The molecule has 0 N–H and O–H groups in total. The first-order valence-electron chi connectivity index (χ1n) is 5.14. The van der Waals surface area contributed by atoms with Crippen molar-refractivity contribution in [2.45, 2.75) is 0 Å². The molecule has 4 nitrogen and oxygen atoms in total. The zero-order chi connectivity index (χ0) is 13.4. The number of rotatable bonds is 2. The summed E-state index contributed by atoms with van der Waals surface area (Å²) in [5.74, 6) is -2.26. The van der Waals surface area contributed by atoms with Crippen molar-refractivity contribution in [3.8, 4) is 0 Å². The minimum Gasteiger partial charge on any atom is -0.545 e. The van der Waals surface area contributed by atoms with E-state index in [-0.39, 0.29) is 58.1 Å². The topological polar surface area (TPSA) is 80.3 Å². The summed E-state index contributed by atoms with van der Waals surface area (Å²) < 4.78 is 0. The Hall–Kier alpha value is -1.10. The largest absolute Gasteiger partial charge is 2.00 e. The molecule has 2 rings (SSSR count). The fourth-order valence-electron chi connectivity index (χ4n) is 1.15. The third kappa shape index (κ3) is 7.15. The maximum atomic E-state index is 10.1. The second kappa shape index (κ2) is 9.78. The molecule has 19 heavy (non-hydrogen) atoms. The van der Waals surface area contributed by atoms with Crippen LogP contribution in [0.3, 0.4) is 0 Å². The molecule has 0 aromatic heterocycles. The van der Waals surface area contributed by atoms with Gasteiger partial charge in [-0.05, 0) is 11.1 Å². The van der Waals surface area contributed by atoms with Gasteiger partial charge in [0.05, 0.1) is 11.9 Å². The first kappa shape index (κ1) is 17.9. The van der Waals surface area contributed by atoms with Crippen LogP contribution in [0, 0.1) is 46.9 Å².